The van der Waals surface area contributed by atoms with E-state index in [0.29, 0.717) is 0 Å². The summed E-state index contributed by atoms with van der Waals surface area (Å²) in [5.74, 6) is -0.134. The third-order valence-electron chi connectivity index (χ3n) is 1.80. The van der Waals surface area contributed by atoms with Gasteiger partial charge in [0.05, 0.1) is 0 Å². The van der Waals surface area contributed by atoms with E-state index in [1.807, 2.05) is 0 Å². The van der Waals surface area contributed by atoms with Crippen LogP contribution in [0, 0.1) is 0 Å². The lowest BCUT2D eigenvalue weighted by molar-refractivity contribution is 0.0678. The fraction of sp³-hybridized carbons (Fsp3) is 0.500. The van der Waals surface area contributed by atoms with Crippen molar-refractivity contribution in [2.45, 2.75) is 19.4 Å². The number of fused-ring (bicyclic) bond motifs is 1. The van der Waals surface area contributed by atoms with Gasteiger partial charge >= 0.3 is 5.97 Å². The molecular formula is C6H7N3O2. The smallest absolute Gasteiger partial charge is 0.374 e. The fourth-order valence-corrected chi connectivity index (χ4v) is 1.31. The largest absolute Gasteiger partial charge is 0.475 e. The first-order valence-corrected chi connectivity index (χ1v) is 3.44. The van der Waals surface area contributed by atoms with Crippen LogP contribution < -0.4 is 0 Å². The number of hydrogen-bond donors (Lipinski definition) is 1. The van der Waals surface area contributed by atoms with Gasteiger partial charge < -0.3 is 9.67 Å². The van der Waals surface area contributed by atoms with E-state index in [9.17, 15) is 4.79 Å². The third kappa shape index (κ3) is 0.806. The molecule has 0 unspecified atom stereocenters. The molecule has 0 spiro atoms. The predicted molar refractivity (Wildman–Crippen MR) is 35.3 cm³/mol. The molecule has 2 heterocycles. The Morgan fingerprint density at radius 2 is 2.36 bits per heavy atom. The Morgan fingerprint density at radius 1 is 1.55 bits per heavy atom. The number of aromatic carboxylic acids is 1. The van der Waals surface area contributed by atoms with E-state index in [0.717, 1.165) is 25.2 Å². The Hall–Kier alpha value is -1.39. The van der Waals surface area contributed by atoms with E-state index in [2.05, 4.69) is 10.2 Å². The van der Waals surface area contributed by atoms with Crippen molar-refractivity contribution < 1.29 is 9.90 Å². The summed E-state index contributed by atoms with van der Waals surface area (Å²) in [6.07, 6.45) is 1.82. The Morgan fingerprint density at radius 3 is 3.09 bits per heavy atom. The second-order valence-electron chi connectivity index (χ2n) is 2.50. The SMILES string of the molecule is O=C(O)c1nnc2n1CCC2. The molecule has 0 atom stereocenters. The molecule has 0 aliphatic carbocycles. The Bertz CT molecular complexity index is 305. The van der Waals surface area contributed by atoms with Crippen molar-refractivity contribution in [3.05, 3.63) is 11.6 Å². The molecule has 58 valence electrons. The standard InChI is InChI=1S/C6H7N3O2/c10-6(11)5-8-7-4-2-1-3-9(4)5/h1-3H2,(H,10,11). The maximum absolute atomic E-state index is 10.5. The summed E-state index contributed by atoms with van der Waals surface area (Å²) in [6.45, 7) is 0.740. The van der Waals surface area contributed by atoms with Gasteiger partial charge in [-0.2, -0.15) is 0 Å². The van der Waals surface area contributed by atoms with Gasteiger partial charge in [-0.15, -0.1) is 10.2 Å². The summed E-state index contributed by atoms with van der Waals surface area (Å²) >= 11 is 0. The molecule has 1 aliphatic heterocycles. The van der Waals surface area contributed by atoms with Crippen molar-refractivity contribution in [3.63, 3.8) is 0 Å². The van der Waals surface area contributed by atoms with Gasteiger partial charge in [0.1, 0.15) is 5.82 Å². The van der Waals surface area contributed by atoms with E-state index in [1.165, 1.54) is 0 Å². The number of carboxylic acid groups (broad SMARTS) is 1. The minimum Gasteiger partial charge on any atom is -0.475 e. The molecule has 1 N–H and O–H groups in total. The molecule has 0 amide bonds. The van der Waals surface area contributed by atoms with Gasteiger partial charge in [0.2, 0.25) is 5.82 Å². The number of aromatic nitrogens is 3. The van der Waals surface area contributed by atoms with Gasteiger partial charge in [0.25, 0.3) is 0 Å². The van der Waals surface area contributed by atoms with Crippen LogP contribution in [0.1, 0.15) is 22.9 Å². The van der Waals surface area contributed by atoms with E-state index in [-0.39, 0.29) is 5.82 Å². The normalized spacial score (nSPS) is 14.9. The molecule has 11 heavy (non-hydrogen) atoms. The maximum Gasteiger partial charge on any atom is 0.374 e. The van der Waals surface area contributed by atoms with Crippen molar-refractivity contribution in [1.29, 1.82) is 0 Å². The summed E-state index contributed by atoms with van der Waals surface area (Å²) in [7, 11) is 0. The average Bonchev–Trinajstić information content (AvgIpc) is 2.41. The molecule has 0 aromatic carbocycles. The molecule has 0 radical (unpaired) electrons. The third-order valence-corrected chi connectivity index (χ3v) is 1.80. The highest BCUT2D eigenvalue weighted by atomic mass is 16.4. The summed E-state index contributed by atoms with van der Waals surface area (Å²) in [4.78, 5) is 10.5. The molecule has 2 rings (SSSR count). The molecule has 5 heteroatoms. The van der Waals surface area contributed by atoms with Gasteiger partial charge in [0.15, 0.2) is 0 Å². The van der Waals surface area contributed by atoms with E-state index in [1.54, 1.807) is 4.57 Å². The highest BCUT2D eigenvalue weighted by Crippen LogP contribution is 2.13. The van der Waals surface area contributed by atoms with Crippen molar-refractivity contribution >= 4 is 5.97 Å². The van der Waals surface area contributed by atoms with Crippen LogP contribution in [-0.2, 0) is 13.0 Å². The Kier molecular flexibility index (Phi) is 1.18. The zero-order valence-electron chi connectivity index (χ0n) is 5.82. The van der Waals surface area contributed by atoms with Crippen molar-refractivity contribution in [2.75, 3.05) is 0 Å². The van der Waals surface area contributed by atoms with Crippen LogP contribution >= 0.6 is 0 Å². The molecule has 1 aromatic heterocycles. The summed E-state index contributed by atoms with van der Waals surface area (Å²) in [6, 6.07) is 0. The first-order valence-electron chi connectivity index (χ1n) is 3.44. The van der Waals surface area contributed by atoms with Crippen molar-refractivity contribution in [1.82, 2.24) is 14.8 Å². The van der Waals surface area contributed by atoms with Gasteiger partial charge in [-0.25, -0.2) is 4.79 Å². The van der Waals surface area contributed by atoms with Crippen LogP contribution in [0.5, 0.6) is 0 Å². The van der Waals surface area contributed by atoms with Gasteiger partial charge in [-0.1, -0.05) is 0 Å². The molecule has 0 fully saturated rings. The second kappa shape index (κ2) is 2.05. The number of nitrogens with zero attached hydrogens (tertiary/aromatic N) is 3. The number of carboxylic acids is 1. The van der Waals surface area contributed by atoms with Crippen molar-refractivity contribution in [2.24, 2.45) is 0 Å². The summed E-state index contributed by atoms with van der Waals surface area (Å²) < 4.78 is 1.66. The van der Waals surface area contributed by atoms with Crippen LogP contribution in [-0.4, -0.2) is 25.8 Å². The topological polar surface area (TPSA) is 68.0 Å². The number of carbonyl (C=O) groups is 1. The minimum absolute atomic E-state index is 0.0671. The maximum atomic E-state index is 10.5. The van der Waals surface area contributed by atoms with Gasteiger partial charge in [-0.05, 0) is 6.42 Å². The molecule has 1 aromatic rings. The molecular weight excluding hydrogens is 146 g/mol. The van der Waals surface area contributed by atoms with Crippen molar-refractivity contribution in [3.8, 4) is 0 Å². The summed E-state index contributed by atoms with van der Waals surface area (Å²) in [5.41, 5.74) is 0. The van der Waals surface area contributed by atoms with Crippen LogP contribution in [0.4, 0.5) is 0 Å². The molecule has 0 saturated heterocycles. The van der Waals surface area contributed by atoms with Crippen LogP contribution in [0.2, 0.25) is 0 Å². The van der Waals surface area contributed by atoms with E-state index >= 15 is 0 Å². The zero-order chi connectivity index (χ0) is 7.84. The number of rotatable bonds is 1. The first kappa shape index (κ1) is 6.33. The predicted octanol–water partition coefficient (Wildman–Crippen LogP) is -0.0775. The lowest BCUT2D eigenvalue weighted by atomic mass is 10.4. The molecule has 0 bridgehead atoms. The highest BCUT2D eigenvalue weighted by molar-refractivity contribution is 5.83. The van der Waals surface area contributed by atoms with Crippen LogP contribution in [0.25, 0.3) is 0 Å². The molecule has 5 nitrogen and oxygen atoms in total. The monoisotopic (exact) mass is 153 g/mol. The quantitative estimate of drug-likeness (QED) is 0.612. The lowest BCUT2D eigenvalue weighted by Crippen LogP contribution is -2.07. The second-order valence-corrected chi connectivity index (χ2v) is 2.50. The molecule has 0 saturated carbocycles. The molecule has 1 aliphatic rings. The fourth-order valence-electron chi connectivity index (χ4n) is 1.31. The van der Waals surface area contributed by atoms with Crippen LogP contribution in [0.15, 0.2) is 0 Å². The minimum atomic E-state index is -0.995. The van der Waals surface area contributed by atoms with Gasteiger partial charge in [0, 0.05) is 13.0 Å². The highest BCUT2D eigenvalue weighted by Gasteiger charge is 2.20. The van der Waals surface area contributed by atoms with E-state index in [4.69, 9.17) is 5.11 Å². The lowest BCUT2D eigenvalue weighted by Gasteiger charge is -1.94. The Balaban J connectivity index is 2.50. The van der Waals surface area contributed by atoms with E-state index < -0.39 is 5.97 Å². The van der Waals surface area contributed by atoms with Crippen LogP contribution in [0.3, 0.4) is 0 Å². The Labute approximate surface area is 62.7 Å². The average molecular weight is 153 g/mol. The zero-order valence-corrected chi connectivity index (χ0v) is 5.82. The first-order chi connectivity index (χ1) is 5.29. The number of aryl methyl sites for hydroxylation is 1. The summed E-state index contributed by atoms with van der Waals surface area (Å²) in [5, 5.41) is 15.9. The number of hydrogen-bond acceptors (Lipinski definition) is 3. The van der Waals surface area contributed by atoms with Gasteiger partial charge in [-0.3, -0.25) is 0 Å².